The van der Waals surface area contributed by atoms with Crippen molar-refractivity contribution >= 4 is 5.71 Å². The molecule has 0 aromatic carbocycles. The molecule has 72 valence electrons. The molecule has 1 heteroatoms. The average molecular weight is 177 g/mol. The minimum absolute atomic E-state index is 1.11. The first kappa shape index (κ1) is 11.9. The van der Waals surface area contributed by atoms with Crippen molar-refractivity contribution in [1.29, 1.82) is 0 Å². The van der Waals surface area contributed by atoms with E-state index in [0.29, 0.717) is 0 Å². The lowest BCUT2D eigenvalue weighted by molar-refractivity contribution is 1.38. The lowest BCUT2D eigenvalue weighted by atomic mass is 9.98. The van der Waals surface area contributed by atoms with Gasteiger partial charge in [0.25, 0.3) is 0 Å². The summed E-state index contributed by atoms with van der Waals surface area (Å²) in [7, 11) is 1.83. The maximum Gasteiger partial charge on any atom is 0.0668 e. The van der Waals surface area contributed by atoms with E-state index in [-0.39, 0.29) is 0 Å². The van der Waals surface area contributed by atoms with Crippen LogP contribution in [0.3, 0.4) is 0 Å². The van der Waals surface area contributed by atoms with Gasteiger partial charge in [-0.25, -0.2) is 0 Å². The quantitative estimate of drug-likeness (QED) is 0.536. The number of allylic oxidation sites excluding steroid dienone is 6. The van der Waals surface area contributed by atoms with E-state index in [0.717, 1.165) is 5.71 Å². The standard InChI is InChI=1S/C10H13N.C2H6/c1-4-9-7-5-6-8(2)10(9)11-3;1-2/h4-7H,1-3H3;1-2H3/b9-4-,11-10?;. The van der Waals surface area contributed by atoms with Crippen molar-refractivity contribution in [3.63, 3.8) is 0 Å². The summed E-state index contributed by atoms with van der Waals surface area (Å²) in [5, 5.41) is 0. The molecule has 1 nitrogen and oxygen atoms in total. The third kappa shape index (κ3) is 3.02. The number of rotatable bonds is 0. The fourth-order valence-electron chi connectivity index (χ4n) is 1.22. The fraction of sp³-hybridized carbons (Fsp3) is 0.417. The van der Waals surface area contributed by atoms with Gasteiger partial charge in [-0.1, -0.05) is 38.2 Å². The van der Waals surface area contributed by atoms with Gasteiger partial charge >= 0.3 is 0 Å². The van der Waals surface area contributed by atoms with E-state index in [1.165, 1.54) is 11.1 Å². The molecule has 0 radical (unpaired) electrons. The Morgan fingerprint density at radius 3 is 2.31 bits per heavy atom. The van der Waals surface area contributed by atoms with Crippen molar-refractivity contribution in [1.82, 2.24) is 0 Å². The molecule has 0 aromatic rings. The Kier molecular flexibility index (Phi) is 5.86. The van der Waals surface area contributed by atoms with Crippen LogP contribution < -0.4 is 0 Å². The van der Waals surface area contributed by atoms with E-state index in [2.05, 4.69) is 36.2 Å². The van der Waals surface area contributed by atoms with E-state index in [9.17, 15) is 0 Å². The van der Waals surface area contributed by atoms with Crippen LogP contribution in [0, 0.1) is 0 Å². The maximum atomic E-state index is 4.21. The van der Waals surface area contributed by atoms with Crippen molar-refractivity contribution in [3.05, 3.63) is 35.5 Å². The minimum Gasteiger partial charge on any atom is -0.288 e. The highest BCUT2D eigenvalue weighted by atomic mass is 14.7. The van der Waals surface area contributed by atoms with Crippen LogP contribution in [0.4, 0.5) is 0 Å². The number of nitrogens with zero attached hydrogens (tertiary/aromatic N) is 1. The Labute approximate surface area is 81.6 Å². The topological polar surface area (TPSA) is 12.4 Å². The molecule has 1 aliphatic rings. The van der Waals surface area contributed by atoms with Gasteiger partial charge in [-0.3, -0.25) is 4.99 Å². The Balaban J connectivity index is 0.000000671. The van der Waals surface area contributed by atoms with Gasteiger partial charge in [0.1, 0.15) is 0 Å². The van der Waals surface area contributed by atoms with Gasteiger partial charge in [0.05, 0.1) is 5.71 Å². The SMILES string of the molecule is C/C=C1/C=CC=C(C)C1=NC.CC. The summed E-state index contributed by atoms with van der Waals surface area (Å²) in [5.74, 6) is 0. The zero-order valence-electron chi connectivity index (χ0n) is 9.26. The first-order chi connectivity index (χ1) is 6.29. The molecule has 0 spiro atoms. The molecule has 0 aliphatic heterocycles. The summed E-state index contributed by atoms with van der Waals surface area (Å²) >= 11 is 0. The molecule has 0 saturated carbocycles. The highest BCUT2D eigenvalue weighted by Gasteiger charge is 2.06. The Bertz CT molecular complexity index is 265. The van der Waals surface area contributed by atoms with E-state index in [1.54, 1.807) is 0 Å². The number of aliphatic imine (C=N–C) groups is 1. The van der Waals surface area contributed by atoms with Gasteiger partial charge in [0, 0.05) is 7.05 Å². The van der Waals surface area contributed by atoms with E-state index >= 15 is 0 Å². The van der Waals surface area contributed by atoms with Crippen LogP contribution in [0.2, 0.25) is 0 Å². The second kappa shape index (κ2) is 6.41. The van der Waals surface area contributed by atoms with Crippen molar-refractivity contribution in [3.8, 4) is 0 Å². The summed E-state index contributed by atoms with van der Waals surface area (Å²) in [4.78, 5) is 4.21. The zero-order chi connectivity index (χ0) is 10.3. The minimum atomic E-state index is 1.11. The highest BCUT2D eigenvalue weighted by molar-refractivity contribution is 6.14. The summed E-state index contributed by atoms with van der Waals surface area (Å²) in [6, 6.07) is 0. The molecule has 0 fully saturated rings. The van der Waals surface area contributed by atoms with Crippen LogP contribution in [0.15, 0.2) is 40.4 Å². The molecule has 0 amide bonds. The maximum absolute atomic E-state index is 4.21. The molecule has 0 bridgehead atoms. The monoisotopic (exact) mass is 177 g/mol. The van der Waals surface area contributed by atoms with Crippen molar-refractivity contribution in [2.75, 3.05) is 7.05 Å². The molecule has 0 unspecified atom stereocenters. The van der Waals surface area contributed by atoms with Gasteiger partial charge in [0.2, 0.25) is 0 Å². The second-order valence-corrected chi connectivity index (χ2v) is 2.53. The van der Waals surface area contributed by atoms with Gasteiger partial charge < -0.3 is 0 Å². The smallest absolute Gasteiger partial charge is 0.0668 e. The molecular weight excluding hydrogens is 158 g/mol. The Morgan fingerprint density at radius 1 is 1.31 bits per heavy atom. The molecule has 1 aliphatic carbocycles. The van der Waals surface area contributed by atoms with Crippen molar-refractivity contribution in [2.45, 2.75) is 27.7 Å². The van der Waals surface area contributed by atoms with Crippen molar-refractivity contribution < 1.29 is 0 Å². The summed E-state index contributed by atoms with van der Waals surface area (Å²) in [6.45, 7) is 8.11. The van der Waals surface area contributed by atoms with Crippen LogP contribution >= 0.6 is 0 Å². The normalized spacial score (nSPS) is 21.2. The zero-order valence-corrected chi connectivity index (χ0v) is 9.26. The number of hydrogen-bond acceptors (Lipinski definition) is 1. The molecule has 0 heterocycles. The molecule has 0 N–H and O–H groups in total. The molecular formula is C12H19N. The van der Waals surface area contributed by atoms with Gasteiger partial charge in [-0.2, -0.15) is 0 Å². The van der Waals surface area contributed by atoms with Crippen LogP contribution in [-0.2, 0) is 0 Å². The largest absolute Gasteiger partial charge is 0.288 e. The Morgan fingerprint density at radius 2 is 1.92 bits per heavy atom. The van der Waals surface area contributed by atoms with Crippen LogP contribution in [-0.4, -0.2) is 12.8 Å². The fourth-order valence-corrected chi connectivity index (χ4v) is 1.22. The first-order valence-corrected chi connectivity index (χ1v) is 4.78. The summed E-state index contributed by atoms with van der Waals surface area (Å²) in [5.41, 5.74) is 3.56. The lowest BCUT2D eigenvalue weighted by Gasteiger charge is -2.09. The molecule has 0 aromatic heterocycles. The number of hydrogen-bond donors (Lipinski definition) is 0. The molecule has 0 atom stereocenters. The molecule has 0 saturated heterocycles. The van der Waals surface area contributed by atoms with Crippen LogP contribution in [0.1, 0.15) is 27.7 Å². The predicted octanol–water partition coefficient (Wildman–Crippen LogP) is 3.55. The van der Waals surface area contributed by atoms with E-state index in [1.807, 2.05) is 27.8 Å². The lowest BCUT2D eigenvalue weighted by Crippen LogP contribution is -2.05. The third-order valence-corrected chi connectivity index (χ3v) is 1.80. The molecule has 13 heavy (non-hydrogen) atoms. The highest BCUT2D eigenvalue weighted by Crippen LogP contribution is 2.14. The van der Waals surface area contributed by atoms with Crippen molar-refractivity contribution in [2.24, 2.45) is 4.99 Å². The predicted molar refractivity (Wildman–Crippen MR) is 61.4 cm³/mol. The van der Waals surface area contributed by atoms with E-state index < -0.39 is 0 Å². The summed E-state index contributed by atoms with van der Waals surface area (Å²) < 4.78 is 0. The van der Waals surface area contributed by atoms with Crippen LogP contribution in [0.5, 0.6) is 0 Å². The van der Waals surface area contributed by atoms with Gasteiger partial charge in [-0.05, 0) is 25.0 Å². The van der Waals surface area contributed by atoms with Gasteiger partial charge in [0.15, 0.2) is 0 Å². The van der Waals surface area contributed by atoms with Gasteiger partial charge in [-0.15, -0.1) is 0 Å². The van der Waals surface area contributed by atoms with Crippen LogP contribution in [0.25, 0.3) is 0 Å². The Hall–Kier alpha value is -1.11. The van der Waals surface area contributed by atoms with E-state index in [4.69, 9.17) is 0 Å². The first-order valence-electron chi connectivity index (χ1n) is 4.78. The third-order valence-electron chi connectivity index (χ3n) is 1.80. The average Bonchev–Trinajstić information content (AvgIpc) is 2.20. The summed E-state index contributed by atoms with van der Waals surface area (Å²) in [6.07, 6.45) is 8.29. The molecule has 1 rings (SSSR count). The second-order valence-electron chi connectivity index (χ2n) is 2.53.